The summed E-state index contributed by atoms with van der Waals surface area (Å²) in [5, 5.41) is 16.0. The molecule has 0 aliphatic heterocycles. The first kappa shape index (κ1) is 14.4. The van der Waals surface area contributed by atoms with Crippen molar-refractivity contribution in [2.75, 3.05) is 0 Å². The number of hydrogen-bond donors (Lipinski definition) is 2. The topological polar surface area (TPSA) is 96.7 Å². The van der Waals surface area contributed by atoms with Gasteiger partial charge in [-0.3, -0.25) is 4.79 Å². The molecule has 0 aromatic carbocycles. The fraction of sp³-hybridized carbons (Fsp3) is 0.385. The van der Waals surface area contributed by atoms with E-state index in [9.17, 15) is 13.6 Å². The monoisotopic (exact) mass is 309 g/mol. The van der Waals surface area contributed by atoms with E-state index in [0.29, 0.717) is 37.0 Å². The fourth-order valence-corrected chi connectivity index (χ4v) is 2.41. The van der Waals surface area contributed by atoms with Crippen LogP contribution in [0.5, 0.6) is 0 Å². The van der Waals surface area contributed by atoms with E-state index in [1.165, 1.54) is 12.3 Å². The molecule has 7 nitrogen and oxygen atoms in total. The van der Waals surface area contributed by atoms with Gasteiger partial charge in [0.2, 0.25) is 5.82 Å². The second kappa shape index (κ2) is 6.04. The van der Waals surface area contributed by atoms with Crippen LogP contribution in [0.2, 0.25) is 0 Å². The third-order valence-corrected chi connectivity index (χ3v) is 3.62. The van der Waals surface area contributed by atoms with E-state index in [1.54, 1.807) is 0 Å². The lowest BCUT2D eigenvalue weighted by Crippen LogP contribution is -2.36. The van der Waals surface area contributed by atoms with Crippen LogP contribution >= 0.6 is 0 Å². The van der Waals surface area contributed by atoms with Crippen molar-refractivity contribution in [3.63, 3.8) is 0 Å². The number of rotatable bonds is 3. The summed E-state index contributed by atoms with van der Waals surface area (Å²) in [6.07, 6.45) is 1.35. The first-order valence-electron chi connectivity index (χ1n) is 6.79. The number of nitrogens with zero attached hydrogens (tertiary/aromatic N) is 3. The molecule has 9 heteroatoms. The molecule has 1 amide bonds. The van der Waals surface area contributed by atoms with Crippen LogP contribution < -0.4 is 5.32 Å². The highest BCUT2D eigenvalue weighted by molar-refractivity contribution is 5.94. The van der Waals surface area contributed by atoms with Gasteiger partial charge in [-0.05, 0) is 36.5 Å². The number of furan rings is 1. The van der Waals surface area contributed by atoms with Crippen molar-refractivity contribution in [2.24, 2.45) is 0 Å². The molecule has 0 spiro atoms. The SMILES string of the molecule is O=C(NC1CCC(=C(F)F)CC1)c1coc(-c2nn[nH]n2)c1. The Bertz CT molecular complexity index is 681. The van der Waals surface area contributed by atoms with Gasteiger partial charge in [-0.2, -0.15) is 14.0 Å². The number of hydrogen-bond acceptors (Lipinski definition) is 5. The van der Waals surface area contributed by atoms with Crippen LogP contribution in [0.4, 0.5) is 8.78 Å². The first-order valence-corrected chi connectivity index (χ1v) is 6.79. The predicted molar refractivity (Wildman–Crippen MR) is 70.8 cm³/mol. The van der Waals surface area contributed by atoms with Gasteiger partial charge in [0.05, 0.1) is 5.56 Å². The summed E-state index contributed by atoms with van der Waals surface area (Å²) in [6.45, 7) is 0. The van der Waals surface area contributed by atoms with E-state index < -0.39 is 6.08 Å². The standard InChI is InChI=1S/C13H13F2N5O2/c14-11(15)7-1-3-9(4-2-7)16-13(21)8-5-10(22-6-8)12-17-19-20-18-12/h5-6,9H,1-4H2,(H,16,21)(H,17,18,19,20). The van der Waals surface area contributed by atoms with Crippen molar-refractivity contribution >= 4 is 5.91 Å². The molecule has 1 fully saturated rings. The van der Waals surface area contributed by atoms with Crippen LogP contribution in [0.3, 0.4) is 0 Å². The molecular formula is C13H13F2N5O2. The number of allylic oxidation sites excluding steroid dienone is 1. The molecular weight excluding hydrogens is 296 g/mol. The number of aromatic nitrogens is 4. The van der Waals surface area contributed by atoms with E-state index >= 15 is 0 Å². The third kappa shape index (κ3) is 3.02. The van der Waals surface area contributed by atoms with Crippen molar-refractivity contribution in [1.82, 2.24) is 25.9 Å². The number of tetrazole rings is 1. The summed E-state index contributed by atoms with van der Waals surface area (Å²) in [7, 11) is 0. The molecule has 1 saturated carbocycles. The Morgan fingerprint density at radius 1 is 1.36 bits per heavy atom. The lowest BCUT2D eigenvalue weighted by Gasteiger charge is -2.24. The van der Waals surface area contributed by atoms with Crippen LogP contribution in [0.25, 0.3) is 11.6 Å². The molecule has 2 heterocycles. The number of H-pyrrole nitrogens is 1. The molecule has 2 aromatic heterocycles. The van der Waals surface area contributed by atoms with E-state index in [2.05, 4.69) is 25.9 Å². The Labute approximate surface area is 123 Å². The maximum atomic E-state index is 12.5. The summed E-state index contributed by atoms with van der Waals surface area (Å²) in [6, 6.07) is 1.40. The molecule has 0 bridgehead atoms. The van der Waals surface area contributed by atoms with Crippen molar-refractivity contribution in [3.8, 4) is 11.6 Å². The number of amides is 1. The van der Waals surface area contributed by atoms with Gasteiger partial charge in [-0.15, -0.1) is 10.2 Å². The summed E-state index contributed by atoms with van der Waals surface area (Å²) in [5.41, 5.74) is 0.519. The molecule has 0 radical (unpaired) electrons. The maximum absolute atomic E-state index is 12.5. The molecule has 1 aliphatic rings. The lowest BCUT2D eigenvalue weighted by molar-refractivity contribution is 0.0929. The zero-order chi connectivity index (χ0) is 15.5. The summed E-state index contributed by atoms with van der Waals surface area (Å²) >= 11 is 0. The van der Waals surface area contributed by atoms with Gasteiger partial charge in [0.25, 0.3) is 12.0 Å². The quantitative estimate of drug-likeness (QED) is 0.906. The highest BCUT2D eigenvalue weighted by atomic mass is 19.3. The minimum atomic E-state index is -1.59. The summed E-state index contributed by atoms with van der Waals surface area (Å²) < 4.78 is 30.2. The smallest absolute Gasteiger partial charge is 0.269 e. The molecule has 0 saturated heterocycles. The Morgan fingerprint density at radius 3 is 2.77 bits per heavy atom. The largest absolute Gasteiger partial charge is 0.460 e. The van der Waals surface area contributed by atoms with Crippen molar-refractivity contribution in [1.29, 1.82) is 0 Å². The average Bonchev–Trinajstić information content (AvgIpc) is 3.19. The van der Waals surface area contributed by atoms with Crippen LogP contribution in [-0.2, 0) is 0 Å². The van der Waals surface area contributed by atoms with Crippen LogP contribution in [-0.4, -0.2) is 32.6 Å². The van der Waals surface area contributed by atoms with E-state index in [0.717, 1.165) is 0 Å². The Morgan fingerprint density at radius 2 is 2.14 bits per heavy atom. The molecule has 0 unspecified atom stereocenters. The number of carbonyl (C=O) groups is 1. The molecule has 116 valence electrons. The Hall–Kier alpha value is -2.58. The maximum Gasteiger partial charge on any atom is 0.269 e. The van der Waals surface area contributed by atoms with Gasteiger partial charge in [-0.1, -0.05) is 0 Å². The van der Waals surface area contributed by atoms with Gasteiger partial charge in [0.1, 0.15) is 6.26 Å². The van der Waals surface area contributed by atoms with E-state index in [-0.39, 0.29) is 23.3 Å². The molecule has 22 heavy (non-hydrogen) atoms. The van der Waals surface area contributed by atoms with Gasteiger partial charge < -0.3 is 9.73 Å². The second-order valence-corrected chi connectivity index (χ2v) is 5.05. The van der Waals surface area contributed by atoms with Crippen LogP contribution in [0.1, 0.15) is 36.0 Å². The van der Waals surface area contributed by atoms with Gasteiger partial charge >= 0.3 is 0 Å². The highest BCUT2D eigenvalue weighted by Gasteiger charge is 2.22. The molecule has 0 atom stereocenters. The van der Waals surface area contributed by atoms with Crippen LogP contribution in [0, 0.1) is 0 Å². The molecule has 2 aromatic rings. The number of nitrogens with one attached hydrogen (secondary N) is 2. The average molecular weight is 309 g/mol. The summed E-state index contributed by atoms with van der Waals surface area (Å²) in [4.78, 5) is 12.1. The normalized spacial score (nSPS) is 18.3. The van der Waals surface area contributed by atoms with Crippen molar-refractivity contribution in [3.05, 3.63) is 29.5 Å². The summed E-state index contributed by atoms with van der Waals surface area (Å²) in [5.74, 6) is 0.272. The first-order chi connectivity index (χ1) is 10.6. The van der Waals surface area contributed by atoms with Gasteiger partial charge in [0, 0.05) is 12.1 Å². The second-order valence-electron chi connectivity index (χ2n) is 5.05. The van der Waals surface area contributed by atoms with E-state index in [1.807, 2.05) is 0 Å². The zero-order valence-electron chi connectivity index (χ0n) is 11.5. The fourth-order valence-electron chi connectivity index (χ4n) is 2.41. The van der Waals surface area contributed by atoms with Gasteiger partial charge in [0.15, 0.2) is 5.76 Å². The molecule has 3 rings (SSSR count). The predicted octanol–water partition coefficient (Wildman–Crippen LogP) is 2.28. The van der Waals surface area contributed by atoms with E-state index in [4.69, 9.17) is 4.42 Å². The van der Waals surface area contributed by atoms with Gasteiger partial charge in [-0.25, -0.2) is 0 Å². The minimum Gasteiger partial charge on any atom is -0.460 e. The lowest BCUT2D eigenvalue weighted by atomic mass is 9.91. The number of aromatic amines is 1. The molecule has 2 N–H and O–H groups in total. The third-order valence-electron chi connectivity index (χ3n) is 3.62. The van der Waals surface area contributed by atoms with Crippen molar-refractivity contribution < 1.29 is 18.0 Å². The number of halogens is 2. The van der Waals surface area contributed by atoms with Crippen LogP contribution in [0.15, 0.2) is 28.4 Å². The van der Waals surface area contributed by atoms with Crippen molar-refractivity contribution in [2.45, 2.75) is 31.7 Å². The number of carbonyl (C=O) groups excluding carboxylic acids is 1. The molecule has 1 aliphatic carbocycles. The Balaban J connectivity index is 1.60. The minimum absolute atomic E-state index is 0.112. The highest BCUT2D eigenvalue weighted by Crippen LogP contribution is 2.27. The Kier molecular flexibility index (Phi) is 3.94. The zero-order valence-corrected chi connectivity index (χ0v) is 11.5.